The van der Waals surface area contributed by atoms with Crippen molar-refractivity contribution < 1.29 is 9.18 Å². The molecule has 2 rings (SSSR count). The number of hydrogen-bond donors (Lipinski definition) is 1. The SMILES string of the molecule is CN(C(=O)Cc1ccccc1F)c1ccccc1CN. The first-order chi connectivity index (χ1) is 9.63. The van der Waals surface area contributed by atoms with Crippen molar-refractivity contribution in [3.63, 3.8) is 0 Å². The van der Waals surface area contributed by atoms with Gasteiger partial charge in [0.25, 0.3) is 0 Å². The first-order valence-corrected chi connectivity index (χ1v) is 6.41. The summed E-state index contributed by atoms with van der Waals surface area (Å²) in [6.45, 7) is 0.355. The van der Waals surface area contributed by atoms with E-state index in [0.29, 0.717) is 12.1 Å². The molecule has 0 radical (unpaired) electrons. The number of carbonyl (C=O) groups is 1. The molecular weight excluding hydrogens is 255 g/mol. The zero-order chi connectivity index (χ0) is 14.5. The van der Waals surface area contributed by atoms with Gasteiger partial charge in [0, 0.05) is 19.3 Å². The summed E-state index contributed by atoms with van der Waals surface area (Å²) in [6, 6.07) is 13.7. The molecule has 4 heteroatoms. The molecule has 0 aromatic heterocycles. The molecule has 104 valence electrons. The third-order valence-corrected chi connectivity index (χ3v) is 3.25. The molecule has 0 bridgehead atoms. The van der Waals surface area contributed by atoms with Crippen LogP contribution in [-0.2, 0) is 17.8 Å². The van der Waals surface area contributed by atoms with Gasteiger partial charge in [-0.15, -0.1) is 0 Å². The molecule has 1 amide bonds. The number of rotatable bonds is 4. The van der Waals surface area contributed by atoms with E-state index in [2.05, 4.69) is 0 Å². The molecular formula is C16H17FN2O. The number of anilines is 1. The Morgan fingerprint density at radius 3 is 2.35 bits per heavy atom. The highest BCUT2D eigenvalue weighted by Gasteiger charge is 2.15. The minimum Gasteiger partial charge on any atom is -0.326 e. The maximum absolute atomic E-state index is 13.6. The summed E-state index contributed by atoms with van der Waals surface area (Å²) in [4.78, 5) is 13.8. The van der Waals surface area contributed by atoms with Crippen molar-refractivity contribution in [1.29, 1.82) is 0 Å². The summed E-state index contributed by atoms with van der Waals surface area (Å²) in [5, 5.41) is 0. The lowest BCUT2D eigenvalue weighted by atomic mass is 10.1. The smallest absolute Gasteiger partial charge is 0.231 e. The monoisotopic (exact) mass is 272 g/mol. The van der Waals surface area contributed by atoms with E-state index in [1.54, 1.807) is 25.2 Å². The predicted octanol–water partition coefficient (Wildman–Crippen LogP) is 2.49. The molecule has 0 aliphatic carbocycles. The van der Waals surface area contributed by atoms with E-state index in [9.17, 15) is 9.18 Å². The van der Waals surface area contributed by atoms with Gasteiger partial charge in [-0.2, -0.15) is 0 Å². The van der Waals surface area contributed by atoms with Gasteiger partial charge in [0.05, 0.1) is 6.42 Å². The highest BCUT2D eigenvalue weighted by atomic mass is 19.1. The van der Waals surface area contributed by atoms with Gasteiger partial charge in [-0.1, -0.05) is 36.4 Å². The van der Waals surface area contributed by atoms with Crippen LogP contribution in [0, 0.1) is 5.82 Å². The zero-order valence-corrected chi connectivity index (χ0v) is 11.3. The molecule has 0 aliphatic rings. The zero-order valence-electron chi connectivity index (χ0n) is 11.3. The molecule has 2 aromatic carbocycles. The molecule has 0 saturated carbocycles. The first-order valence-electron chi connectivity index (χ1n) is 6.41. The van der Waals surface area contributed by atoms with Gasteiger partial charge in [-0.3, -0.25) is 4.79 Å². The highest BCUT2D eigenvalue weighted by molar-refractivity contribution is 5.95. The second-order valence-electron chi connectivity index (χ2n) is 4.55. The molecule has 2 aromatic rings. The molecule has 0 saturated heterocycles. The summed E-state index contributed by atoms with van der Waals surface area (Å²) in [5.41, 5.74) is 7.71. The Bertz CT molecular complexity index is 613. The van der Waals surface area contributed by atoms with Crippen LogP contribution in [-0.4, -0.2) is 13.0 Å². The lowest BCUT2D eigenvalue weighted by molar-refractivity contribution is -0.117. The van der Waals surface area contributed by atoms with Crippen LogP contribution in [0.4, 0.5) is 10.1 Å². The van der Waals surface area contributed by atoms with Gasteiger partial charge in [0.1, 0.15) is 5.82 Å². The van der Waals surface area contributed by atoms with Crippen molar-refractivity contribution in [2.45, 2.75) is 13.0 Å². The summed E-state index contributed by atoms with van der Waals surface area (Å²) in [6.07, 6.45) is 0.0298. The molecule has 0 spiro atoms. The number of nitrogens with two attached hydrogens (primary N) is 1. The molecule has 0 aliphatic heterocycles. The van der Waals surface area contributed by atoms with Crippen LogP contribution in [0.2, 0.25) is 0 Å². The predicted molar refractivity (Wildman–Crippen MR) is 77.8 cm³/mol. The van der Waals surface area contributed by atoms with Gasteiger partial charge in [-0.25, -0.2) is 4.39 Å². The average Bonchev–Trinajstić information content (AvgIpc) is 2.48. The standard InChI is InChI=1S/C16H17FN2O/c1-19(15-9-5-3-7-13(15)11-18)16(20)10-12-6-2-4-8-14(12)17/h2-9H,10-11,18H2,1H3. The second-order valence-corrected chi connectivity index (χ2v) is 4.55. The lowest BCUT2D eigenvalue weighted by Crippen LogP contribution is -2.29. The maximum Gasteiger partial charge on any atom is 0.231 e. The molecule has 0 heterocycles. The van der Waals surface area contributed by atoms with Crippen molar-refractivity contribution in [3.05, 3.63) is 65.5 Å². The largest absolute Gasteiger partial charge is 0.326 e. The minimum atomic E-state index is -0.360. The molecule has 20 heavy (non-hydrogen) atoms. The Balaban J connectivity index is 2.19. The van der Waals surface area contributed by atoms with Crippen molar-refractivity contribution in [2.24, 2.45) is 5.73 Å². The highest BCUT2D eigenvalue weighted by Crippen LogP contribution is 2.20. The number of nitrogens with zero attached hydrogens (tertiary/aromatic N) is 1. The van der Waals surface area contributed by atoms with Crippen molar-refractivity contribution in [1.82, 2.24) is 0 Å². The van der Waals surface area contributed by atoms with E-state index in [0.717, 1.165) is 11.3 Å². The van der Waals surface area contributed by atoms with Gasteiger partial charge in [-0.05, 0) is 23.3 Å². The van der Waals surface area contributed by atoms with Gasteiger partial charge in [0.15, 0.2) is 0 Å². The van der Waals surface area contributed by atoms with Crippen LogP contribution < -0.4 is 10.6 Å². The summed E-state index contributed by atoms with van der Waals surface area (Å²) < 4.78 is 13.6. The Morgan fingerprint density at radius 2 is 1.70 bits per heavy atom. The number of carbonyl (C=O) groups excluding carboxylic acids is 1. The Morgan fingerprint density at radius 1 is 1.10 bits per heavy atom. The van der Waals surface area contributed by atoms with E-state index in [1.807, 2.05) is 24.3 Å². The van der Waals surface area contributed by atoms with Crippen LogP contribution in [0.25, 0.3) is 0 Å². The summed E-state index contributed by atoms with van der Waals surface area (Å²) in [5.74, 6) is -0.530. The topological polar surface area (TPSA) is 46.3 Å². The quantitative estimate of drug-likeness (QED) is 0.929. The van der Waals surface area contributed by atoms with E-state index in [1.165, 1.54) is 11.0 Å². The fourth-order valence-corrected chi connectivity index (χ4v) is 2.07. The number of hydrogen-bond acceptors (Lipinski definition) is 2. The van der Waals surface area contributed by atoms with E-state index in [4.69, 9.17) is 5.73 Å². The Hall–Kier alpha value is -2.20. The fourth-order valence-electron chi connectivity index (χ4n) is 2.07. The second kappa shape index (κ2) is 6.30. The lowest BCUT2D eigenvalue weighted by Gasteiger charge is -2.20. The molecule has 3 nitrogen and oxygen atoms in total. The van der Waals surface area contributed by atoms with Crippen molar-refractivity contribution in [2.75, 3.05) is 11.9 Å². The van der Waals surface area contributed by atoms with Gasteiger partial charge in [0.2, 0.25) is 5.91 Å². The van der Waals surface area contributed by atoms with Crippen LogP contribution in [0.1, 0.15) is 11.1 Å². The third kappa shape index (κ3) is 3.03. The molecule has 0 fully saturated rings. The Kier molecular flexibility index (Phi) is 4.48. The van der Waals surface area contributed by atoms with Crippen LogP contribution in [0.3, 0.4) is 0 Å². The molecule has 2 N–H and O–H groups in total. The summed E-state index contributed by atoms with van der Waals surface area (Å²) >= 11 is 0. The normalized spacial score (nSPS) is 10.3. The van der Waals surface area contributed by atoms with Crippen LogP contribution in [0.5, 0.6) is 0 Å². The van der Waals surface area contributed by atoms with Gasteiger partial charge >= 0.3 is 0 Å². The number of benzene rings is 2. The minimum absolute atomic E-state index is 0.0298. The maximum atomic E-state index is 13.6. The molecule has 0 unspecified atom stereocenters. The van der Waals surface area contributed by atoms with Crippen LogP contribution in [0.15, 0.2) is 48.5 Å². The first kappa shape index (κ1) is 14.2. The average molecular weight is 272 g/mol. The summed E-state index contributed by atoms with van der Waals surface area (Å²) in [7, 11) is 1.68. The van der Waals surface area contributed by atoms with Crippen LogP contribution >= 0.6 is 0 Å². The Labute approximate surface area is 117 Å². The van der Waals surface area contributed by atoms with Crippen molar-refractivity contribution in [3.8, 4) is 0 Å². The van der Waals surface area contributed by atoms with Crippen molar-refractivity contribution >= 4 is 11.6 Å². The van der Waals surface area contributed by atoms with Gasteiger partial charge < -0.3 is 10.6 Å². The molecule has 0 atom stereocenters. The number of likely N-dealkylation sites (N-methyl/N-ethyl adjacent to an activating group) is 1. The van der Waals surface area contributed by atoms with E-state index >= 15 is 0 Å². The number of amides is 1. The number of para-hydroxylation sites is 1. The number of halogens is 1. The fraction of sp³-hybridized carbons (Fsp3) is 0.188. The van der Waals surface area contributed by atoms with E-state index in [-0.39, 0.29) is 18.1 Å². The van der Waals surface area contributed by atoms with E-state index < -0.39 is 0 Å². The third-order valence-electron chi connectivity index (χ3n) is 3.25.